The Labute approximate surface area is 124 Å². The largest absolute Gasteiger partial charge is 0.381 e. The molecule has 0 aliphatic rings. The lowest BCUT2D eigenvalue weighted by molar-refractivity contribution is 0.687. The zero-order valence-corrected chi connectivity index (χ0v) is 12.3. The van der Waals surface area contributed by atoms with Crippen LogP contribution in [-0.2, 0) is 20.1 Å². The fourth-order valence-electron chi connectivity index (χ4n) is 2.33. The summed E-state index contributed by atoms with van der Waals surface area (Å²) in [6.45, 7) is 3.62. The third-order valence-corrected chi connectivity index (χ3v) is 3.46. The molecular weight excluding hydrogens is 262 g/mol. The van der Waals surface area contributed by atoms with E-state index in [1.807, 2.05) is 35.6 Å². The van der Waals surface area contributed by atoms with E-state index in [1.165, 1.54) is 11.1 Å². The average Bonchev–Trinajstić information content (AvgIpc) is 3.08. The van der Waals surface area contributed by atoms with Crippen LogP contribution in [0.25, 0.3) is 0 Å². The Kier molecular flexibility index (Phi) is 3.73. The van der Waals surface area contributed by atoms with Gasteiger partial charge in [0.15, 0.2) is 0 Å². The van der Waals surface area contributed by atoms with Crippen molar-refractivity contribution in [2.45, 2.75) is 20.0 Å². The molecule has 0 aliphatic heterocycles. The molecule has 0 radical (unpaired) electrons. The Hall–Kier alpha value is -2.56. The van der Waals surface area contributed by atoms with Gasteiger partial charge in [0.05, 0.1) is 12.2 Å². The number of aryl methyl sites for hydroxylation is 2. The van der Waals surface area contributed by atoms with Gasteiger partial charge in [-0.1, -0.05) is 12.1 Å². The number of nitrogens with one attached hydrogen (secondary N) is 1. The number of anilines is 1. The Morgan fingerprint density at radius 1 is 1.19 bits per heavy atom. The van der Waals surface area contributed by atoms with Crippen LogP contribution >= 0.6 is 0 Å². The summed E-state index contributed by atoms with van der Waals surface area (Å²) in [4.78, 5) is 0. The molecule has 0 fully saturated rings. The molecule has 0 spiro atoms. The minimum atomic E-state index is 0.790. The summed E-state index contributed by atoms with van der Waals surface area (Å²) in [5.41, 5.74) is 4.64. The molecule has 0 aliphatic carbocycles. The second kappa shape index (κ2) is 5.83. The Morgan fingerprint density at radius 3 is 2.62 bits per heavy atom. The molecule has 1 aromatic carbocycles. The molecule has 0 amide bonds. The monoisotopic (exact) mass is 281 g/mol. The highest BCUT2D eigenvalue weighted by Gasteiger charge is 2.02. The van der Waals surface area contributed by atoms with Crippen LogP contribution in [0.2, 0.25) is 0 Å². The van der Waals surface area contributed by atoms with Crippen molar-refractivity contribution in [1.82, 2.24) is 19.6 Å². The quantitative estimate of drug-likeness (QED) is 0.782. The minimum absolute atomic E-state index is 0.790. The van der Waals surface area contributed by atoms with Crippen LogP contribution < -0.4 is 5.32 Å². The maximum Gasteiger partial charge on any atom is 0.0659 e. The van der Waals surface area contributed by atoms with E-state index < -0.39 is 0 Å². The molecule has 0 saturated carbocycles. The fraction of sp³-hybridized carbons (Fsp3) is 0.250. The second-order valence-electron chi connectivity index (χ2n) is 5.17. The topological polar surface area (TPSA) is 47.7 Å². The molecule has 0 bridgehead atoms. The average molecular weight is 281 g/mol. The van der Waals surface area contributed by atoms with Crippen LogP contribution in [0.1, 0.15) is 16.8 Å². The molecule has 108 valence electrons. The third-order valence-electron chi connectivity index (χ3n) is 3.46. The van der Waals surface area contributed by atoms with Gasteiger partial charge in [0.2, 0.25) is 0 Å². The molecule has 0 atom stereocenters. The van der Waals surface area contributed by atoms with Crippen molar-refractivity contribution in [3.05, 3.63) is 65.7 Å². The molecule has 2 aromatic heterocycles. The van der Waals surface area contributed by atoms with Gasteiger partial charge >= 0.3 is 0 Å². The number of hydrogen-bond donors (Lipinski definition) is 1. The van der Waals surface area contributed by atoms with Gasteiger partial charge in [-0.3, -0.25) is 9.36 Å². The van der Waals surface area contributed by atoms with Gasteiger partial charge in [0, 0.05) is 43.4 Å². The maximum absolute atomic E-state index is 4.35. The van der Waals surface area contributed by atoms with Gasteiger partial charge in [-0.15, -0.1) is 0 Å². The van der Waals surface area contributed by atoms with Crippen LogP contribution in [0.4, 0.5) is 5.69 Å². The Bertz CT molecular complexity index is 695. The highest BCUT2D eigenvalue weighted by molar-refractivity contribution is 5.45. The van der Waals surface area contributed by atoms with Crippen LogP contribution in [-0.4, -0.2) is 19.6 Å². The highest BCUT2D eigenvalue weighted by Crippen LogP contribution is 2.13. The first kappa shape index (κ1) is 13.4. The van der Waals surface area contributed by atoms with Crippen molar-refractivity contribution in [3.63, 3.8) is 0 Å². The van der Waals surface area contributed by atoms with Crippen molar-refractivity contribution in [3.8, 4) is 0 Å². The molecule has 1 N–H and O–H groups in total. The highest BCUT2D eigenvalue weighted by atomic mass is 15.3. The first-order valence-corrected chi connectivity index (χ1v) is 7.00. The van der Waals surface area contributed by atoms with Crippen molar-refractivity contribution < 1.29 is 0 Å². The molecule has 21 heavy (non-hydrogen) atoms. The lowest BCUT2D eigenvalue weighted by Crippen LogP contribution is -2.02. The summed E-state index contributed by atoms with van der Waals surface area (Å²) in [7, 11) is 1.95. The number of rotatable bonds is 5. The molecular formula is C16H19N5. The van der Waals surface area contributed by atoms with Crippen LogP contribution in [0.3, 0.4) is 0 Å². The predicted octanol–water partition coefficient (Wildman–Crippen LogP) is 2.59. The van der Waals surface area contributed by atoms with E-state index in [4.69, 9.17) is 0 Å². The van der Waals surface area contributed by atoms with Gasteiger partial charge in [0.1, 0.15) is 0 Å². The second-order valence-corrected chi connectivity index (χ2v) is 5.17. The number of aromatic nitrogens is 4. The number of nitrogens with zero attached hydrogens (tertiary/aromatic N) is 4. The van der Waals surface area contributed by atoms with Gasteiger partial charge in [-0.2, -0.15) is 10.2 Å². The normalized spacial score (nSPS) is 10.8. The molecule has 3 rings (SSSR count). The molecule has 2 heterocycles. The Balaban J connectivity index is 1.60. The SMILES string of the molecule is Cc1nn(C)cc1CNc1ccc(Cn2cccn2)cc1. The fourth-order valence-corrected chi connectivity index (χ4v) is 2.33. The third kappa shape index (κ3) is 3.31. The van der Waals surface area contributed by atoms with Crippen molar-refractivity contribution in [2.24, 2.45) is 7.05 Å². The minimum Gasteiger partial charge on any atom is -0.381 e. The van der Waals surface area contributed by atoms with E-state index in [0.717, 1.165) is 24.5 Å². The molecule has 5 nitrogen and oxygen atoms in total. The summed E-state index contributed by atoms with van der Waals surface area (Å²) in [6.07, 6.45) is 5.82. The van der Waals surface area contributed by atoms with Gasteiger partial charge in [-0.25, -0.2) is 0 Å². The van der Waals surface area contributed by atoms with Crippen LogP contribution in [0.5, 0.6) is 0 Å². The number of hydrogen-bond acceptors (Lipinski definition) is 3. The molecule has 0 unspecified atom stereocenters. The summed E-state index contributed by atoms with van der Waals surface area (Å²) in [5.74, 6) is 0. The number of benzene rings is 1. The van der Waals surface area contributed by atoms with E-state index in [2.05, 4.69) is 46.0 Å². The standard InChI is InChI=1S/C16H19N5/c1-13-15(12-20(2)19-13)10-17-16-6-4-14(5-7-16)11-21-9-3-8-18-21/h3-9,12,17H,10-11H2,1-2H3. The lowest BCUT2D eigenvalue weighted by atomic mass is 10.2. The lowest BCUT2D eigenvalue weighted by Gasteiger charge is -2.07. The molecule has 3 aromatic rings. The van der Waals surface area contributed by atoms with Gasteiger partial charge in [0.25, 0.3) is 0 Å². The molecule has 0 saturated heterocycles. The van der Waals surface area contributed by atoms with E-state index in [1.54, 1.807) is 6.20 Å². The summed E-state index contributed by atoms with van der Waals surface area (Å²) < 4.78 is 3.76. The van der Waals surface area contributed by atoms with E-state index in [0.29, 0.717) is 0 Å². The van der Waals surface area contributed by atoms with Crippen molar-refractivity contribution >= 4 is 5.69 Å². The van der Waals surface area contributed by atoms with Gasteiger partial charge < -0.3 is 5.32 Å². The first-order chi connectivity index (χ1) is 10.2. The van der Waals surface area contributed by atoms with Crippen molar-refractivity contribution in [1.29, 1.82) is 0 Å². The zero-order valence-electron chi connectivity index (χ0n) is 12.3. The summed E-state index contributed by atoms with van der Waals surface area (Å²) >= 11 is 0. The first-order valence-electron chi connectivity index (χ1n) is 7.00. The smallest absolute Gasteiger partial charge is 0.0659 e. The Morgan fingerprint density at radius 2 is 2.00 bits per heavy atom. The van der Waals surface area contributed by atoms with Crippen LogP contribution in [0, 0.1) is 6.92 Å². The van der Waals surface area contributed by atoms with E-state index >= 15 is 0 Å². The maximum atomic E-state index is 4.35. The van der Waals surface area contributed by atoms with Gasteiger partial charge in [-0.05, 0) is 30.7 Å². The van der Waals surface area contributed by atoms with Crippen LogP contribution in [0.15, 0.2) is 48.9 Å². The summed E-state index contributed by atoms with van der Waals surface area (Å²) in [5, 5.41) is 12.0. The van der Waals surface area contributed by atoms with E-state index in [-0.39, 0.29) is 0 Å². The zero-order chi connectivity index (χ0) is 14.7. The van der Waals surface area contributed by atoms with Crippen molar-refractivity contribution in [2.75, 3.05) is 5.32 Å². The predicted molar refractivity (Wildman–Crippen MR) is 83.0 cm³/mol. The molecule has 5 heteroatoms. The van der Waals surface area contributed by atoms with E-state index in [9.17, 15) is 0 Å². The summed E-state index contributed by atoms with van der Waals surface area (Å²) in [6, 6.07) is 10.4.